The number of rotatable bonds is 5. The molecule has 6 heteroatoms. The monoisotopic (exact) mass is 368 g/mol. The van der Waals surface area contributed by atoms with Gasteiger partial charge >= 0.3 is 0 Å². The fourth-order valence-electron chi connectivity index (χ4n) is 2.58. The second-order valence-corrected chi connectivity index (χ2v) is 7.02. The Morgan fingerprint density at radius 2 is 1.69 bits per heavy atom. The van der Waals surface area contributed by atoms with Crippen LogP contribution in [0.1, 0.15) is 20.8 Å². The Hall–Kier alpha value is -2.86. The largest absolute Gasteiger partial charge is 0.493 e. The summed E-state index contributed by atoms with van der Waals surface area (Å²) in [4.78, 5) is 18.0. The zero-order valence-corrected chi connectivity index (χ0v) is 15.9. The normalized spacial score (nSPS) is 10.5. The van der Waals surface area contributed by atoms with Crippen LogP contribution in [0, 0.1) is 13.8 Å². The highest BCUT2D eigenvalue weighted by Crippen LogP contribution is 2.36. The number of ether oxygens (including phenoxy) is 2. The topological polar surface area (TPSA) is 60.5 Å². The van der Waals surface area contributed by atoms with Gasteiger partial charge in [-0.15, -0.1) is 11.3 Å². The molecule has 0 spiro atoms. The fraction of sp³-hybridized carbons (Fsp3) is 0.200. The Morgan fingerprint density at radius 3 is 2.35 bits per heavy atom. The van der Waals surface area contributed by atoms with Gasteiger partial charge in [-0.3, -0.25) is 10.1 Å². The number of carbonyl (C=O) groups excluding carboxylic acids is 1. The molecule has 0 aliphatic rings. The van der Waals surface area contributed by atoms with E-state index in [1.807, 2.05) is 44.2 Å². The number of thiazole rings is 1. The Kier molecular flexibility index (Phi) is 5.23. The van der Waals surface area contributed by atoms with E-state index in [-0.39, 0.29) is 5.91 Å². The zero-order valence-electron chi connectivity index (χ0n) is 15.1. The molecule has 5 nitrogen and oxygen atoms in total. The number of nitrogens with one attached hydrogen (secondary N) is 1. The van der Waals surface area contributed by atoms with Crippen molar-refractivity contribution in [3.63, 3.8) is 0 Å². The van der Waals surface area contributed by atoms with Crippen LogP contribution in [0.5, 0.6) is 11.5 Å². The molecule has 0 aliphatic carbocycles. The highest BCUT2D eigenvalue weighted by atomic mass is 32.1. The number of aryl methyl sites for hydroxylation is 2. The van der Waals surface area contributed by atoms with E-state index in [0.717, 1.165) is 21.7 Å². The lowest BCUT2D eigenvalue weighted by molar-refractivity contribution is 0.102. The quantitative estimate of drug-likeness (QED) is 0.709. The van der Waals surface area contributed by atoms with Crippen LogP contribution >= 0.6 is 11.3 Å². The summed E-state index contributed by atoms with van der Waals surface area (Å²) in [6.45, 7) is 3.96. The van der Waals surface area contributed by atoms with Crippen molar-refractivity contribution in [3.8, 4) is 22.8 Å². The van der Waals surface area contributed by atoms with E-state index in [1.165, 1.54) is 11.3 Å². The molecule has 0 saturated heterocycles. The van der Waals surface area contributed by atoms with E-state index in [2.05, 4.69) is 10.3 Å². The van der Waals surface area contributed by atoms with Crippen molar-refractivity contribution in [2.75, 3.05) is 19.5 Å². The van der Waals surface area contributed by atoms with Crippen LogP contribution in [-0.2, 0) is 0 Å². The summed E-state index contributed by atoms with van der Waals surface area (Å²) in [6, 6.07) is 13.1. The first-order valence-electron chi connectivity index (χ1n) is 8.09. The Balaban J connectivity index is 1.85. The molecule has 26 heavy (non-hydrogen) atoms. The minimum Gasteiger partial charge on any atom is -0.493 e. The fourth-order valence-corrected chi connectivity index (χ4v) is 3.41. The lowest BCUT2D eigenvalue weighted by Gasteiger charge is -2.08. The maximum atomic E-state index is 12.4. The number of hydrogen-bond acceptors (Lipinski definition) is 5. The van der Waals surface area contributed by atoms with E-state index in [0.29, 0.717) is 22.2 Å². The van der Waals surface area contributed by atoms with Gasteiger partial charge in [0, 0.05) is 16.0 Å². The maximum Gasteiger partial charge on any atom is 0.257 e. The number of amides is 1. The molecule has 0 saturated carbocycles. The molecule has 0 atom stereocenters. The first kappa shape index (κ1) is 17.9. The summed E-state index contributed by atoms with van der Waals surface area (Å²) in [7, 11) is 3.20. The van der Waals surface area contributed by atoms with E-state index >= 15 is 0 Å². The lowest BCUT2D eigenvalue weighted by atomic mass is 10.1. The molecule has 3 rings (SSSR count). The smallest absolute Gasteiger partial charge is 0.257 e. The van der Waals surface area contributed by atoms with Crippen LogP contribution < -0.4 is 14.8 Å². The lowest BCUT2D eigenvalue weighted by Crippen LogP contribution is -2.11. The summed E-state index contributed by atoms with van der Waals surface area (Å²) in [6.07, 6.45) is 0. The molecule has 0 radical (unpaired) electrons. The van der Waals surface area contributed by atoms with Gasteiger partial charge in [-0.05, 0) is 44.2 Å². The molecule has 1 heterocycles. The Labute approximate surface area is 156 Å². The SMILES string of the molecule is COc1ccc(-c2nc(NC(=O)c3ccc(C)cc3)sc2C)cc1OC. The Bertz CT molecular complexity index is 933. The van der Waals surface area contributed by atoms with Gasteiger partial charge in [0.25, 0.3) is 5.91 Å². The highest BCUT2D eigenvalue weighted by Gasteiger charge is 2.15. The van der Waals surface area contributed by atoms with E-state index in [9.17, 15) is 4.79 Å². The highest BCUT2D eigenvalue weighted by molar-refractivity contribution is 7.16. The molecule has 0 unspecified atom stereocenters. The van der Waals surface area contributed by atoms with Crippen LogP contribution in [0.3, 0.4) is 0 Å². The van der Waals surface area contributed by atoms with E-state index in [1.54, 1.807) is 26.4 Å². The molecule has 2 aromatic carbocycles. The minimum atomic E-state index is -0.169. The average molecular weight is 368 g/mol. The molecule has 3 aromatic rings. The molecular weight excluding hydrogens is 348 g/mol. The van der Waals surface area contributed by atoms with Gasteiger partial charge in [-0.2, -0.15) is 0 Å². The summed E-state index contributed by atoms with van der Waals surface area (Å²) >= 11 is 1.44. The molecule has 134 valence electrons. The number of nitrogens with zero attached hydrogens (tertiary/aromatic N) is 1. The maximum absolute atomic E-state index is 12.4. The second-order valence-electron chi connectivity index (χ2n) is 5.81. The van der Waals surface area contributed by atoms with Gasteiger partial charge in [0.15, 0.2) is 16.6 Å². The third-order valence-electron chi connectivity index (χ3n) is 3.99. The van der Waals surface area contributed by atoms with E-state index in [4.69, 9.17) is 9.47 Å². The van der Waals surface area contributed by atoms with Crippen molar-refractivity contribution in [2.45, 2.75) is 13.8 Å². The molecule has 1 N–H and O–H groups in total. The minimum absolute atomic E-state index is 0.169. The molecule has 0 aliphatic heterocycles. The van der Waals surface area contributed by atoms with E-state index < -0.39 is 0 Å². The summed E-state index contributed by atoms with van der Waals surface area (Å²) in [5.74, 6) is 1.14. The number of carbonyl (C=O) groups is 1. The first-order chi connectivity index (χ1) is 12.5. The average Bonchev–Trinajstić information content (AvgIpc) is 3.01. The van der Waals surface area contributed by atoms with Crippen LogP contribution in [0.25, 0.3) is 11.3 Å². The summed E-state index contributed by atoms with van der Waals surface area (Å²) < 4.78 is 10.6. The van der Waals surface area contributed by atoms with Gasteiger partial charge < -0.3 is 9.47 Å². The standard InChI is InChI=1S/C20H20N2O3S/c1-12-5-7-14(8-6-12)19(23)22-20-21-18(13(2)26-20)15-9-10-16(24-3)17(11-15)25-4/h5-11H,1-4H3,(H,21,22,23). The molecule has 1 amide bonds. The molecular formula is C20H20N2O3S. The predicted molar refractivity (Wildman–Crippen MR) is 105 cm³/mol. The van der Waals surface area contributed by atoms with Crippen molar-refractivity contribution in [1.82, 2.24) is 4.98 Å². The van der Waals surface area contributed by atoms with Crippen molar-refractivity contribution >= 4 is 22.4 Å². The van der Waals surface area contributed by atoms with Gasteiger partial charge in [0.1, 0.15) is 0 Å². The van der Waals surface area contributed by atoms with Crippen molar-refractivity contribution in [3.05, 3.63) is 58.5 Å². The van der Waals surface area contributed by atoms with Crippen molar-refractivity contribution < 1.29 is 14.3 Å². The van der Waals surface area contributed by atoms with Crippen molar-refractivity contribution in [2.24, 2.45) is 0 Å². The number of aromatic nitrogens is 1. The van der Waals surface area contributed by atoms with Crippen molar-refractivity contribution in [1.29, 1.82) is 0 Å². The third-order valence-corrected chi connectivity index (χ3v) is 4.87. The summed E-state index contributed by atoms with van der Waals surface area (Å²) in [5.41, 5.74) is 3.45. The van der Waals surface area contributed by atoms with Gasteiger partial charge in [0.2, 0.25) is 0 Å². The van der Waals surface area contributed by atoms with Crippen LogP contribution in [-0.4, -0.2) is 25.1 Å². The molecule has 1 aromatic heterocycles. The Morgan fingerprint density at radius 1 is 1.00 bits per heavy atom. The number of benzene rings is 2. The molecule has 0 fully saturated rings. The van der Waals surface area contributed by atoms with Gasteiger partial charge in [0.05, 0.1) is 19.9 Å². The molecule has 0 bridgehead atoms. The van der Waals surface area contributed by atoms with Crippen LogP contribution in [0.4, 0.5) is 5.13 Å². The number of anilines is 1. The van der Waals surface area contributed by atoms with Gasteiger partial charge in [-0.25, -0.2) is 4.98 Å². The second kappa shape index (κ2) is 7.58. The van der Waals surface area contributed by atoms with Crippen LogP contribution in [0.2, 0.25) is 0 Å². The number of methoxy groups -OCH3 is 2. The van der Waals surface area contributed by atoms with Gasteiger partial charge in [-0.1, -0.05) is 17.7 Å². The summed E-state index contributed by atoms with van der Waals surface area (Å²) in [5, 5.41) is 3.44. The third kappa shape index (κ3) is 3.70. The predicted octanol–water partition coefficient (Wildman–Crippen LogP) is 4.70. The first-order valence-corrected chi connectivity index (χ1v) is 8.91. The number of hydrogen-bond donors (Lipinski definition) is 1. The zero-order chi connectivity index (χ0) is 18.7. The van der Waals surface area contributed by atoms with Crippen LogP contribution in [0.15, 0.2) is 42.5 Å².